The molecule has 0 atom stereocenters. The van der Waals surface area contributed by atoms with Crippen LogP contribution in [0.3, 0.4) is 0 Å². The molecule has 0 aromatic heterocycles. The van der Waals surface area contributed by atoms with Crippen molar-refractivity contribution in [2.24, 2.45) is 0 Å². The molecule has 0 unspecified atom stereocenters. The van der Waals surface area contributed by atoms with Gasteiger partial charge in [-0.25, -0.2) is 12.2 Å². The minimum Gasteiger partial charge on any atom is -0.464 e. The molecule has 0 saturated carbocycles. The first-order valence-electron chi connectivity index (χ1n) is 9.25. The maximum atomic E-state index is 5.72. The molecule has 28 heavy (non-hydrogen) atoms. The number of rotatable bonds is 4. The fourth-order valence-electron chi connectivity index (χ4n) is 2.10. The van der Waals surface area contributed by atoms with Crippen molar-refractivity contribution in [3.63, 3.8) is 0 Å². The van der Waals surface area contributed by atoms with Gasteiger partial charge in [0.2, 0.25) is 0 Å². The predicted octanol–water partition coefficient (Wildman–Crippen LogP) is 6.89. The summed E-state index contributed by atoms with van der Waals surface area (Å²) in [7, 11) is 0.750. The second-order valence-corrected chi connectivity index (χ2v) is 7.33. The minimum atomic E-state index is 0. The van der Waals surface area contributed by atoms with Gasteiger partial charge in [-0.2, -0.15) is 6.08 Å². The minimum absolute atomic E-state index is 0. The Hall–Kier alpha value is -1.87. The van der Waals surface area contributed by atoms with Crippen molar-refractivity contribution in [2.45, 2.75) is 33.4 Å². The quantitative estimate of drug-likeness (QED) is 0.225. The first kappa shape index (κ1) is 26.1. The number of hydrogen-bond acceptors (Lipinski definition) is 1. The summed E-state index contributed by atoms with van der Waals surface area (Å²) in [6, 6.07) is 20.0. The molecule has 3 rings (SSSR count). The Kier molecular flexibility index (Phi) is 16.1. The molecule has 0 N–H and O–H groups in total. The van der Waals surface area contributed by atoms with Crippen LogP contribution in [0.4, 0.5) is 0 Å². The molecule has 0 amide bonds. The third-order valence-electron chi connectivity index (χ3n) is 3.20. The zero-order valence-electron chi connectivity index (χ0n) is 17.4. The van der Waals surface area contributed by atoms with Crippen molar-refractivity contribution in [3.8, 4) is 5.75 Å². The van der Waals surface area contributed by atoms with Gasteiger partial charge >= 0.3 is 0 Å². The van der Waals surface area contributed by atoms with Gasteiger partial charge in [0.1, 0.15) is 5.75 Å². The third-order valence-corrected chi connectivity index (χ3v) is 3.20. The van der Waals surface area contributed by atoms with E-state index in [2.05, 4.69) is 57.3 Å². The molecule has 2 aromatic rings. The monoisotopic (exact) mass is 422 g/mol. The molecule has 2 aromatic carbocycles. The largest absolute Gasteiger partial charge is 0.464 e. The topological polar surface area (TPSA) is 9.23 Å². The third kappa shape index (κ3) is 12.5. The van der Waals surface area contributed by atoms with Crippen LogP contribution in [0.25, 0.3) is 5.57 Å². The molecule has 0 bridgehead atoms. The van der Waals surface area contributed by atoms with E-state index in [1.807, 2.05) is 60.7 Å². The fourth-order valence-corrected chi connectivity index (χ4v) is 2.10. The molecule has 1 nitrogen and oxygen atoms in total. The molecule has 145 valence electrons. The van der Waals surface area contributed by atoms with Crippen LogP contribution < -0.4 is 4.74 Å². The Balaban J connectivity index is 0.000000680. The van der Waals surface area contributed by atoms with E-state index in [0.717, 1.165) is 32.8 Å². The van der Waals surface area contributed by atoms with E-state index in [0.29, 0.717) is 0 Å². The first-order chi connectivity index (χ1) is 13.2. The van der Waals surface area contributed by atoms with Gasteiger partial charge in [0.25, 0.3) is 0 Å². The summed E-state index contributed by atoms with van der Waals surface area (Å²) < 4.78 is 5.72. The van der Waals surface area contributed by atoms with Crippen molar-refractivity contribution in [2.75, 3.05) is 0 Å². The Labute approximate surface area is 188 Å². The SMILES string of the molecule is CC(C)=CC(=COc1ccccc1)c1ccccc1.C[SiH]C.[C-]1=CC=CC1.[Ti]. The molecular formula is C25H30OSiTi-. The number of ether oxygens (including phenoxy) is 1. The molecule has 1 aliphatic rings. The second kappa shape index (κ2) is 17.2. The van der Waals surface area contributed by atoms with E-state index in [1.165, 1.54) is 5.57 Å². The number of allylic oxidation sites excluding steroid dienone is 7. The Morgan fingerprint density at radius 1 is 0.964 bits per heavy atom. The van der Waals surface area contributed by atoms with Crippen molar-refractivity contribution in [1.29, 1.82) is 0 Å². The molecule has 0 spiro atoms. The average Bonchev–Trinajstić information content (AvgIpc) is 3.27. The van der Waals surface area contributed by atoms with Gasteiger partial charge in [-0.1, -0.05) is 73.3 Å². The molecule has 0 saturated heterocycles. The van der Waals surface area contributed by atoms with E-state index in [4.69, 9.17) is 4.74 Å². The summed E-state index contributed by atoms with van der Waals surface area (Å²) in [5.41, 5.74) is 3.47. The van der Waals surface area contributed by atoms with Crippen LogP contribution in [0.2, 0.25) is 13.1 Å². The van der Waals surface area contributed by atoms with Crippen LogP contribution in [0, 0.1) is 6.08 Å². The van der Waals surface area contributed by atoms with Crippen LogP contribution in [-0.2, 0) is 21.7 Å². The van der Waals surface area contributed by atoms with Crippen molar-refractivity contribution >= 4 is 15.1 Å². The average molecular weight is 422 g/mol. The van der Waals surface area contributed by atoms with Crippen molar-refractivity contribution < 1.29 is 26.5 Å². The van der Waals surface area contributed by atoms with E-state index in [-0.39, 0.29) is 21.7 Å². The van der Waals surface area contributed by atoms with Gasteiger partial charge in [0.05, 0.1) is 6.26 Å². The molecule has 1 radical (unpaired) electrons. The van der Waals surface area contributed by atoms with E-state index < -0.39 is 0 Å². The molecular weight excluding hydrogens is 392 g/mol. The predicted molar refractivity (Wildman–Crippen MR) is 121 cm³/mol. The normalized spacial score (nSPS) is 11.2. The molecule has 0 fully saturated rings. The zero-order chi connectivity index (χ0) is 19.7. The smallest absolute Gasteiger partial charge is 0.126 e. The van der Waals surface area contributed by atoms with Crippen LogP contribution in [0.5, 0.6) is 5.75 Å². The van der Waals surface area contributed by atoms with Crippen LogP contribution in [0.15, 0.2) is 96.8 Å². The van der Waals surface area contributed by atoms with Crippen molar-refractivity contribution in [3.05, 3.63) is 108 Å². The number of hydrogen-bond donors (Lipinski definition) is 0. The standard InChI is InChI=1S/C18H18O.C5H5.C2H7Si.Ti/c1-15(2)13-17(16-9-5-3-6-10-16)14-19-18-11-7-4-8-12-18;1-2-4-5-3-1;1-3-2;/h3-14H,1-2H3;1-3H,4H2;3H,1-2H3;/q;-1;;. The molecule has 0 heterocycles. The van der Waals surface area contributed by atoms with Gasteiger partial charge in [0.15, 0.2) is 0 Å². The maximum Gasteiger partial charge on any atom is 0.126 e. The van der Waals surface area contributed by atoms with E-state index in [1.54, 1.807) is 6.26 Å². The van der Waals surface area contributed by atoms with Gasteiger partial charge in [-0.05, 0) is 31.5 Å². The van der Waals surface area contributed by atoms with Gasteiger partial charge in [-0.3, -0.25) is 6.08 Å². The first-order valence-corrected chi connectivity index (χ1v) is 11.6. The summed E-state index contributed by atoms with van der Waals surface area (Å²) >= 11 is 0. The molecule has 0 aliphatic heterocycles. The van der Waals surface area contributed by atoms with Gasteiger partial charge in [0, 0.05) is 36.8 Å². The van der Waals surface area contributed by atoms with Crippen LogP contribution >= 0.6 is 0 Å². The summed E-state index contributed by atoms with van der Waals surface area (Å²) in [6.07, 6.45) is 13.9. The summed E-state index contributed by atoms with van der Waals surface area (Å²) in [6.45, 7) is 8.58. The Morgan fingerprint density at radius 3 is 1.96 bits per heavy atom. The van der Waals surface area contributed by atoms with Gasteiger partial charge < -0.3 is 4.74 Å². The fraction of sp³-hybridized carbons (Fsp3) is 0.200. The van der Waals surface area contributed by atoms with Gasteiger partial charge in [-0.15, -0.1) is 6.42 Å². The molecule has 1 aliphatic carbocycles. The summed E-state index contributed by atoms with van der Waals surface area (Å²) in [5.74, 6) is 0.845. The van der Waals surface area contributed by atoms with Crippen LogP contribution in [0.1, 0.15) is 25.8 Å². The van der Waals surface area contributed by atoms with E-state index in [9.17, 15) is 0 Å². The van der Waals surface area contributed by atoms with Crippen molar-refractivity contribution in [1.82, 2.24) is 0 Å². The number of benzene rings is 2. The zero-order valence-corrected chi connectivity index (χ0v) is 20.1. The Bertz CT molecular complexity index is 733. The van der Waals surface area contributed by atoms with E-state index >= 15 is 0 Å². The summed E-state index contributed by atoms with van der Waals surface area (Å²) in [4.78, 5) is 0. The number of para-hydroxylation sites is 1. The molecule has 3 heteroatoms. The maximum absolute atomic E-state index is 5.72. The summed E-state index contributed by atoms with van der Waals surface area (Å²) in [5, 5.41) is 0. The second-order valence-electron chi connectivity index (χ2n) is 6.17. The van der Waals surface area contributed by atoms with Crippen LogP contribution in [-0.4, -0.2) is 9.52 Å². The Morgan fingerprint density at radius 2 is 1.54 bits per heavy atom.